The number of hydrogen-bond donors (Lipinski definition) is 2. The first-order chi connectivity index (χ1) is 12.7. The molecule has 0 aliphatic heterocycles. The standard InChI is InChI=1S/C18H16ClN7/c1-2-6-22-16-8-17(23-13-7-12(9-20)10-21-11-13)26-18(25-16)14-4-3-5-15(19)24-14/h3-5,7-8,10-11H,2,6H2,1H3,(H2,22,23,25,26). The maximum absolute atomic E-state index is 9.01. The molecule has 7 nitrogen and oxygen atoms in total. The first-order valence-electron chi connectivity index (χ1n) is 8.06. The summed E-state index contributed by atoms with van der Waals surface area (Å²) in [5.74, 6) is 1.68. The molecule has 0 aliphatic carbocycles. The summed E-state index contributed by atoms with van der Waals surface area (Å²) in [5.41, 5.74) is 1.70. The highest BCUT2D eigenvalue weighted by Crippen LogP contribution is 2.22. The Morgan fingerprint density at radius 2 is 1.96 bits per heavy atom. The monoisotopic (exact) mass is 365 g/mol. The fourth-order valence-electron chi connectivity index (χ4n) is 2.22. The first kappa shape index (κ1) is 17.6. The van der Waals surface area contributed by atoms with Crippen LogP contribution in [0.25, 0.3) is 11.5 Å². The Labute approximate surface area is 156 Å². The number of nitrogens with zero attached hydrogens (tertiary/aromatic N) is 5. The van der Waals surface area contributed by atoms with Gasteiger partial charge in [-0.25, -0.2) is 15.0 Å². The average Bonchev–Trinajstić information content (AvgIpc) is 2.66. The molecule has 26 heavy (non-hydrogen) atoms. The third-order valence-corrected chi connectivity index (χ3v) is 3.58. The Kier molecular flexibility index (Phi) is 5.56. The third-order valence-electron chi connectivity index (χ3n) is 3.37. The summed E-state index contributed by atoms with van der Waals surface area (Å²) in [4.78, 5) is 17.3. The molecule has 0 radical (unpaired) electrons. The van der Waals surface area contributed by atoms with Crippen LogP contribution in [0.5, 0.6) is 0 Å². The van der Waals surface area contributed by atoms with Crippen molar-refractivity contribution in [2.24, 2.45) is 0 Å². The molecule has 3 heterocycles. The van der Waals surface area contributed by atoms with Crippen molar-refractivity contribution in [3.63, 3.8) is 0 Å². The first-order valence-corrected chi connectivity index (χ1v) is 8.44. The SMILES string of the molecule is CCCNc1cc(Nc2cncc(C#N)c2)nc(-c2cccc(Cl)n2)n1. The molecule has 2 N–H and O–H groups in total. The number of pyridine rings is 2. The van der Waals surface area contributed by atoms with Crippen LogP contribution in [0, 0.1) is 11.3 Å². The van der Waals surface area contributed by atoms with E-state index >= 15 is 0 Å². The zero-order valence-electron chi connectivity index (χ0n) is 14.1. The van der Waals surface area contributed by atoms with Gasteiger partial charge in [0, 0.05) is 18.8 Å². The van der Waals surface area contributed by atoms with Crippen LogP contribution in [-0.2, 0) is 0 Å². The number of hydrogen-bond acceptors (Lipinski definition) is 7. The third kappa shape index (κ3) is 4.43. The Bertz CT molecular complexity index is 952. The molecule has 0 amide bonds. The molecule has 0 saturated carbocycles. The van der Waals surface area contributed by atoms with E-state index in [1.807, 2.05) is 0 Å². The number of rotatable bonds is 6. The summed E-state index contributed by atoms with van der Waals surface area (Å²) in [6.07, 6.45) is 4.09. The van der Waals surface area contributed by atoms with E-state index in [4.69, 9.17) is 16.9 Å². The fraction of sp³-hybridized carbons (Fsp3) is 0.167. The minimum Gasteiger partial charge on any atom is -0.370 e. The van der Waals surface area contributed by atoms with Crippen molar-refractivity contribution in [2.75, 3.05) is 17.2 Å². The maximum atomic E-state index is 9.01. The second-order valence-corrected chi connectivity index (χ2v) is 5.82. The molecule has 0 fully saturated rings. The van der Waals surface area contributed by atoms with Gasteiger partial charge in [-0.05, 0) is 24.6 Å². The summed E-state index contributed by atoms with van der Waals surface area (Å²) in [7, 11) is 0. The van der Waals surface area contributed by atoms with Crippen molar-refractivity contribution in [3.8, 4) is 17.6 Å². The Morgan fingerprint density at radius 3 is 2.73 bits per heavy atom. The van der Waals surface area contributed by atoms with E-state index < -0.39 is 0 Å². The van der Waals surface area contributed by atoms with Crippen LogP contribution in [0.3, 0.4) is 0 Å². The van der Waals surface area contributed by atoms with Crippen LogP contribution in [0.4, 0.5) is 17.3 Å². The second kappa shape index (κ2) is 8.23. The molecule has 0 bridgehead atoms. The number of anilines is 3. The van der Waals surface area contributed by atoms with Crippen LogP contribution in [0.15, 0.2) is 42.7 Å². The van der Waals surface area contributed by atoms with Crippen molar-refractivity contribution >= 4 is 28.9 Å². The van der Waals surface area contributed by atoms with Gasteiger partial charge < -0.3 is 10.6 Å². The minimum atomic E-state index is 0.374. The molecule has 0 saturated heterocycles. The molecular weight excluding hydrogens is 350 g/mol. The highest BCUT2D eigenvalue weighted by molar-refractivity contribution is 6.29. The maximum Gasteiger partial charge on any atom is 0.182 e. The zero-order valence-corrected chi connectivity index (χ0v) is 14.8. The van der Waals surface area contributed by atoms with Gasteiger partial charge in [0.25, 0.3) is 0 Å². The smallest absolute Gasteiger partial charge is 0.182 e. The normalized spacial score (nSPS) is 10.2. The van der Waals surface area contributed by atoms with Crippen LogP contribution >= 0.6 is 11.6 Å². The van der Waals surface area contributed by atoms with Crippen LogP contribution in [0.1, 0.15) is 18.9 Å². The lowest BCUT2D eigenvalue weighted by atomic mass is 10.3. The van der Waals surface area contributed by atoms with E-state index in [-0.39, 0.29) is 0 Å². The van der Waals surface area contributed by atoms with Crippen molar-refractivity contribution in [1.82, 2.24) is 19.9 Å². The lowest BCUT2D eigenvalue weighted by Crippen LogP contribution is -2.06. The van der Waals surface area contributed by atoms with Crippen molar-refractivity contribution in [2.45, 2.75) is 13.3 Å². The van der Waals surface area contributed by atoms with Gasteiger partial charge >= 0.3 is 0 Å². The molecule has 0 spiro atoms. The molecule has 130 valence electrons. The van der Waals surface area contributed by atoms with Gasteiger partial charge in [0.05, 0.1) is 17.4 Å². The Balaban J connectivity index is 1.98. The summed E-state index contributed by atoms with van der Waals surface area (Å²) < 4.78 is 0. The van der Waals surface area contributed by atoms with Gasteiger partial charge in [-0.1, -0.05) is 24.6 Å². The molecule has 8 heteroatoms. The second-order valence-electron chi connectivity index (χ2n) is 5.43. The molecule has 3 aromatic heterocycles. The van der Waals surface area contributed by atoms with E-state index in [9.17, 15) is 0 Å². The van der Waals surface area contributed by atoms with E-state index in [2.05, 4.69) is 43.6 Å². The quantitative estimate of drug-likeness (QED) is 0.636. The van der Waals surface area contributed by atoms with Crippen molar-refractivity contribution in [1.29, 1.82) is 5.26 Å². The lowest BCUT2D eigenvalue weighted by molar-refractivity contribution is 0.965. The summed E-state index contributed by atoms with van der Waals surface area (Å²) in [5, 5.41) is 15.8. The molecule has 0 atom stereocenters. The van der Waals surface area contributed by atoms with Gasteiger partial charge in [0.15, 0.2) is 5.82 Å². The molecular formula is C18H16ClN7. The van der Waals surface area contributed by atoms with Crippen molar-refractivity contribution in [3.05, 3.63) is 53.4 Å². The van der Waals surface area contributed by atoms with Gasteiger partial charge in [-0.2, -0.15) is 5.26 Å². The van der Waals surface area contributed by atoms with Crippen molar-refractivity contribution < 1.29 is 0 Å². The number of halogens is 1. The van der Waals surface area contributed by atoms with Crippen LogP contribution < -0.4 is 10.6 Å². The molecule has 0 unspecified atom stereocenters. The van der Waals surface area contributed by atoms with E-state index in [0.717, 1.165) is 13.0 Å². The van der Waals surface area contributed by atoms with Gasteiger partial charge in [0.1, 0.15) is 28.6 Å². The largest absolute Gasteiger partial charge is 0.370 e. The molecule has 0 aliphatic rings. The summed E-state index contributed by atoms with van der Waals surface area (Å²) in [6.45, 7) is 2.86. The van der Waals surface area contributed by atoms with Gasteiger partial charge in [-0.15, -0.1) is 0 Å². The topological polar surface area (TPSA) is 99.4 Å². The molecule has 0 aromatic carbocycles. The highest BCUT2D eigenvalue weighted by Gasteiger charge is 2.09. The number of aromatic nitrogens is 4. The fourth-order valence-corrected chi connectivity index (χ4v) is 2.38. The average molecular weight is 366 g/mol. The van der Waals surface area contributed by atoms with Gasteiger partial charge in [-0.3, -0.25) is 4.98 Å². The lowest BCUT2D eigenvalue weighted by Gasteiger charge is -2.11. The van der Waals surface area contributed by atoms with Crippen LogP contribution in [0.2, 0.25) is 5.15 Å². The van der Waals surface area contributed by atoms with E-state index in [0.29, 0.717) is 39.6 Å². The van der Waals surface area contributed by atoms with Gasteiger partial charge in [0.2, 0.25) is 0 Å². The zero-order chi connectivity index (χ0) is 18.4. The molecule has 3 rings (SSSR count). The Hall–Kier alpha value is -3.24. The summed E-state index contributed by atoms with van der Waals surface area (Å²) >= 11 is 5.98. The van der Waals surface area contributed by atoms with E-state index in [1.54, 1.807) is 36.5 Å². The van der Waals surface area contributed by atoms with E-state index in [1.165, 1.54) is 6.20 Å². The Morgan fingerprint density at radius 1 is 1.12 bits per heavy atom. The predicted octanol–water partition coefficient (Wildman–Crippen LogP) is 4.02. The minimum absolute atomic E-state index is 0.374. The van der Waals surface area contributed by atoms with Crippen LogP contribution in [-0.4, -0.2) is 26.5 Å². The predicted molar refractivity (Wildman–Crippen MR) is 101 cm³/mol. The number of nitrogens with one attached hydrogen (secondary N) is 2. The molecule has 3 aromatic rings. The summed E-state index contributed by atoms with van der Waals surface area (Å²) in [6, 6.07) is 10.9. The highest BCUT2D eigenvalue weighted by atomic mass is 35.5. The number of nitriles is 1.